The summed E-state index contributed by atoms with van der Waals surface area (Å²) in [5.74, 6) is 0. The van der Waals surface area contributed by atoms with E-state index in [2.05, 4.69) is 33.8 Å². The fourth-order valence-electron chi connectivity index (χ4n) is 2.92. The van der Waals surface area contributed by atoms with Crippen molar-refractivity contribution in [1.82, 2.24) is 9.55 Å². The first-order chi connectivity index (χ1) is 9.29. The van der Waals surface area contributed by atoms with Gasteiger partial charge in [0.25, 0.3) is 0 Å². The minimum Gasteiger partial charge on any atom is -0.394 e. The zero-order valence-electron chi connectivity index (χ0n) is 10.9. The molecule has 0 aliphatic heterocycles. The average Bonchev–Trinajstić information content (AvgIpc) is 2.95. The van der Waals surface area contributed by atoms with Crippen molar-refractivity contribution >= 4 is 0 Å². The van der Waals surface area contributed by atoms with Gasteiger partial charge in [-0.2, -0.15) is 0 Å². The van der Waals surface area contributed by atoms with Crippen molar-refractivity contribution in [3.63, 3.8) is 0 Å². The molecule has 4 nitrogen and oxygen atoms in total. The molecule has 0 spiro atoms. The van der Waals surface area contributed by atoms with Gasteiger partial charge in [0.15, 0.2) is 0 Å². The first-order valence-corrected chi connectivity index (χ1v) is 6.74. The second-order valence-electron chi connectivity index (χ2n) is 5.18. The lowest BCUT2D eigenvalue weighted by molar-refractivity contribution is 0.260. The van der Waals surface area contributed by atoms with E-state index in [0.717, 1.165) is 25.0 Å². The highest BCUT2D eigenvalue weighted by Gasteiger charge is 2.22. The maximum Gasteiger partial charge on any atom is 0.0951 e. The molecule has 1 aromatic heterocycles. The number of hydrogen-bond acceptors (Lipinski definition) is 3. The molecule has 3 N–H and O–H groups in total. The Morgan fingerprint density at radius 3 is 2.95 bits per heavy atom. The Morgan fingerprint density at radius 2 is 2.16 bits per heavy atom. The number of aliphatic hydroxyl groups is 1. The van der Waals surface area contributed by atoms with Crippen LogP contribution in [0.15, 0.2) is 36.8 Å². The predicted octanol–water partition coefficient (Wildman–Crippen LogP) is 1.61. The van der Waals surface area contributed by atoms with E-state index < -0.39 is 0 Å². The van der Waals surface area contributed by atoms with Crippen LogP contribution >= 0.6 is 0 Å². The van der Waals surface area contributed by atoms with Crippen molar-refractivity contribution in [3.8, 4) is 0 Å². The van der Waals surface area contributed by atoms with E-state index >= 15 is 0 Å². The van der Waals surface area contributed by atoms with Crippen molar-refractivity contribution in [2.24, 2.45) is 5.73 Å². The Hall–Kier alpha value is -1.65. The highest BCUT2D eigenvalue weighted by molar-refractivity contribution is 5.30. The zero-order chi connectivity index (χ0) is 13.2. The molecule has 0 fully saturated rings. The van der Waals surface area contributed by atoms with Gasteiger partial charge in [0.05, 0.1) is 24.7 Å². The maximum atomic E-state index is 9.22. The number of aliphatic hydroxyl groups excluding tert-OH is 1. The second-order valence-corrected chi connectivity index (χ2v) is 5.18. The van der Waals surface area contributed by atoms with Gasteiger partial charge in [0.1, 0.15) is 0 Å². The van der Waals surface area contributed by atoms with Gasteiger partial charge in [-0.3, -0.25) is 0 Å². The molecule has 0 amide bonds. The lowest BCUT2D eigenvalue weighted by atomic mass is 9.88. The van der Waals surface area contributed by atoms with Gasteiger partial charge in [-0.05, 0) is 30.4 Å². The third-order valence-electron chi connectivity index (χ3n) is 3.99. The van der Waals surface area contributed by atoms with E-state index in [1.807, 2.05) is 6.33 Å². The average molecular weight is 257 g/mol. The number of aromatic nitrogens is 2. The molecule has 3 rings (SSSR count). The van der Waals surface area contributed by atoms with Crippen LogP contribution in [0.1, 0.15) is 35.3 Å². The quantitative estimate of drug-likeness (QED) is 0.878. The van der Waals surface area contributed by atoms with Crippen molar-refractivity contribution in [1.29, 1.82) is 0 Å². The summed E-state index contributed by atoms with van der Waals surface area (Å²) in [5, 5.41) is 9.22. The summed E-state index contributed by atoms with van der Waals surface area (Å²) in [6, 6.07) is 8.65. The molecule has 19 heavy (non-hydrogen) atoms. The molecule has 2 unspecified atom stereocenters. The Bertz CT molecular complexity index is 564. The lowest BCUT2D eigenvalue weighted by Gasteiger charge is -2.28. The molecule has 2 aromatic rings. The van der Waals surface area contributed by atoms with E-state index in [9.17, 15) is 5.11 Å². The monoisotopic (exact) mass is 257 g/mol. The molecule has 0 radical (unpaired) electrons. The summed E-state index contributed by atoms with van der Waals surface area (Å²) in [4.78, 5) is 4.19. The molecule has 0 saturated heterocycles. The standard InChI is InChI=1S/C15H19N3O/c16-14(9-19)15-8-17-10-18(15)13-6-5-11-3-1-2-4-12(11)7-13/h1-4,8,10,13-14,19H,5-7,9,16H2. The van der Waals surface area contributed by atoms with Gasteiger partial charge in [0.2, 0.25) is 0 Å². The first kappa shape index (κ1) is 12.4. The minimum absolute atomic E-state index is 0.0466. The van der Waals surface area contributed by atoms with Crippen molar-refractivity contribution in [2.45, 2.75) is 31.3 Å². The highest BCUT2D eigenvalue weighted by Crippen LogP contribution is 2.30. The van der Waals surface area contributed by atoms with Crippen LogP contribution < -0.4 is 5.73 Å². The van der Waals surface area contributed by atoms with E-state index in [1.165, 1.54) is 11.1 Å². The number of fused-ring (bicyclic) bond motifs is 1. The molecule has 1 aliphatic carbocycles. The molecule has 1 heterocycles. The highest BCUT2D eigenvalue weighted by atomic mass is 16.3. The molecule has 100 valence electrons. The van der Waals surface area contributed by atoms with Crippen LogP contribution in [0.3, 0.4) is 0 Å². The van der Waals surface area contributed by atoms with Crippen LogP contribution in [0.4, 0.5) is 0 Å². The number of nitrogens with zero attached hydrogens (tertiary/aromatic N) is 2. The predicted molar refractivity (Wildman–Crippen MR) is 73.7 cm³/mol. The minimum atomic E-state index is -0.348. The van der Waals surface area contributed by atoms with E-state index in [-0.39, 0.29) is 12.6 Å². The Labute approximate surface area is 112 Å². The summed E-state index contributed by atoms with van der Waals surface area (Å²) >= 11 is 0. The van der Waals surface area contributed by atoms with Crippen molar-refractivity contribution < 1.29 is 5.11 Å². The molecule has 0 bridgehead atoms. The molecular weight excluding hydrogens is 238 g/mol. The maximum absolute atomic E-state index is 9.22. The van der Waals surface area contributed by atoms with Gasteiger partial charge in [-0.15, -0.1) is 0 Å². The van der Waals surface area contributed by atoms with Gasteiger partial charge in [-0.1, -0.05) is 24.3 Å². The SMILES string of the molecule is NC(CO)c1cncn1C1CCc2ccccc2C1. The number of aryl methyl sites for hydroxylation is 1. The molecule has 1 aliphatic rings. The van der Waals surface area contributed by atoms with Crippen molar-refractivity contribution in [2.75, 3.05) is 6.61 Å². The van der Waals surface area contributed by atoms with Crippen LogP contribution in [0.5, 0.6) is 0 Å². The van der Waals surface area contributed by atoms with Crippen LogP contribution in [0.2, 0.25) is 0 Å². The number of imidazole rings is 1. The number of benzene rings is 1. The molecule has 0 saturated carbocycles. The van der Waals surface area contributed by atoms with Crippen LogP contribution in [0.25, 0.3) is 0 Å². The summed E-state index contributed by atoms with van der Waals surface area (Å²) in [5.41, 5.74) is 9.72. The van der Waals surface area contributed by atoms with Gasteiger partial charge in [0, 0.05) is 12.2 Å². The summed E-state index contributed by atoms with van der Waals surface area (Å²) < 4.78 is 2.14. The number of nitrogens with two attached hydrogens (primary N) is 1. The molecule has 1 aromatic carbocycles. The first-order valence-electron chi connectivity index (χ1n) is 6.74. The van der Waals surface area contributed by atoms with Crippen LogP contribution in [0, 0.1) is 0 Å². The van der Waals surface area contributed by atoms with E-state index in [4.69, 9.17) is 5.73 Å². The van der Waals surface area contributed by atoms with Crippen molar-refractivity contribution in [3.05, 3.63) is 53.6 Å². The normalized spacial score (nSPS) is 20.0. The smallest absolute Gasteiger partial charge is 0.0951 e. The van der Waals surface area contributed by atoms with Gasteiger partial charge >= 0.3 is 0 Å². The summed E-state index contributed by atoms with van der Waals surface area (Å²) in [7, 11) is 0. The second kappa shape index (κ2) is 5.15. The molecular formula is C15H19N3O. The Morgan fingerprint density at radius 1 is 1.37 bits per heavy atom. The zero-order valence-corrected chi connectivity index (χ0v) is 10.9. The van der Waals surface area contributed by atoms with Crippen LogP contribution in [-0.4, -0.2) is 21.3 Å². The summed E-state index contributed by atoms with van der Waals surface area (Å²) in [6.45, 7) is -0.0466. The molecule has 2 atom stereocenters. The number of hydrogen-bond donors (Lipinski definition) is 2. The Balaban J connectivity index is 1.87. The van der Waals surface area contributed by atoms with Gasteiger partial charge in [-0.25, -0.2) is 4.98 Å². The fourth-order valence-corrected chi connectivity index (χ4v) is 2.92. The molecule has 4 heteroatoms. The topological polar surface area (TPSA) is 64.1 Å². The Kier molecular flexibility index (Phi) is 3.36. The van der Waals surface area contributed by atoms with Crippen LogP contribution in [-0.2, 0) is 12.8 Å². The lowest BCUT2D eigenvalue weighted by Crippen LogP contribution is -2.24. The largest absolute Gasteiger partial charge is 0.394 e. The fraction of sp³-hybridized carbons (Fsp3) is 0.400. The number of rotatable bonds is 3. The third kappa shape index (κ3) is 2.29. The van der Waals surface area contributed by atoms with Gasteiger partial charge < -0.3 is 15.4 Å². The van der Waals surface area contributed by atoms with E-state index in [1.54, 1.807) is 6.20 Å². The summed E-state index contributed by atoms with van der Waals surface area (Å²) in [6.07, 6.45) is 6.80. The third-order valence-corrected chi connectivity index (χ3v) is 3.99. The van der Waals surface area contributed by atoms with E-state index in [0.29, 0.717) is 6.04 Å².